The van der Waals surface area contributed by atoms with E-state index in [0.717, 1.165) is 57.8 Å². The molecule has 2 aromatic rings. The highest BCUT2D eigenvalue weighted by Crippen LogP contribution is 2.12. The standard InChI is InChI=1S/C21H28N4O/c1-2-3-11-22-19-9-10-20(23-16-19)21(26)25-14-12-24(13-15-25)17-18-7-5-4-6-8-18/h4-10,16,22H,2-3,11-15,17H2,1H3. The maximum absolute atomic E-state index is 12.7. The van der Waals surface area contributed by atoms with Crippen LogP contribution in [0.2, 0.25) is 0 Å². The van der Waals surface area contributed by atoms with E-state index in [1.54, 1.807) is 6.20 Å². The molecule has 0 atom stereocenters. The Balaban J connectivity index is 1.48. The Morgan fingerprint density at radius 2 is 1.85 bits per heavy atom. The third-order valence-electron chi connectivity index (χ3n) is 4.75. The largest absolute Gasteiger partial charge is 0.384 e. The van der Waals surface area contributed by atoms with Crippen LogP contribution >= 0.6 is 0 Å². The zero-order valence-corrected chi connectivity index (χ0v) is 15.5. The second-order valence-corrected chi connectivity index (χ2v) is 6.77. The Hall–Kier alpha value is -2.40. The van der Waals surface area contributed by atoms with E-state index in [1.807, 2.05) is 23.1 Å². The average molecular weight is 352 g/mol. The third-order valence-corrected chi connectivity index (χ3v) is 4.75. The maximum Gasteiger partial charge on any atom is 0.272 e. The summed E-state index contributed by atoms with van der Waals surface area (Å²) in [6, 6.07) is 14.3. The zero-order chi connectivity index (χ0) is 18.2. The molecule has 0 saturated carbocycles. The SMILES string of the molecule is CCCCNc1ccc(C(=O)N2CCN(Cc3ccccc3)CC2)nc1. The quantitative estimate of drug-likeness (QED) is 0.777. The molecule has 1 aliphatic rings. The number of carbonyl (C=O) groups is 1. The topological polar surface area (TPSA) is 48.5 Å². The summed E-state index contributed by atoms with van der Waals surface area (Å²) in [5, 5.41) is 3.33. The van der Waals surface area contributed by atoms with E-state index in [1.165, 1.54) is 5.56 Å². The van der Waals surface area contributed by atoms with Crippen LogP contribution in [0.3, 0.4) is 0 Å². The summed E-state index contributed by atoms with van der Waals surface area (Å²) >= 11 is 0. The molecule has 1 aliphatic heterocycles. The number of pyridine rings is 1. The highest BCUT2D eigenvalue weighted by atomic mass is 16.2. The molecule has 26 heavy (non-hydrogen) atoms. The number of nitrogens with zero attached hydrogens (tertiary/aromatic N) is 3. The van der Waals surface area contributed by atoms with Crippen LogP contribution in [-0.4, -0.2) is 53.4 Å². The molecular weight excluding hydrogens is 324 g/mol. The third kappa shape index (κ3) is 5.05. The molecule has 1 fully saturated rings. The van der Waals surface area contributed by atoms with E-state index in [4.69, 9.17) is 0 Å². The van der Waals surface area contributed by atoms with Crippen LogP contribution in [0.25, 0.3) is 0 Å². The van der Waals surface area contributed by atoms with E-state index >= 15 is 0 Å². The summed E-state index contributed by atoms with van der Waals surface area (Å²) < 4.78 is 0. The van der Waals surface area contributed by atoms with Crippen molar-refractivity contribution >= 4 is 11.6 Å². The molecule has 5 heteroatoms. The van der Waals surface area contributed by atoms with Crippen molar-refractivity contribution in [3.05, 3.63) is 59.9 Å². The van der Waals surface area contributed by atoms with Crippen LogP contribution in [-0.2, 0) is 6.54 Å². The van der Waals surface area contributed by atoms with Gasteiger partial charge in [-0.05, 0) is 24.1 Å². The number of amides is 1. The normalized spacial score (nSPS) is 15.0. The first-order valence-corrected chi connectivity index (χ1v) is 9.51. The van der Waals surface area contributed by atoms with Crippen molar-refractivity contribution in [2.24, 2.45) is 0 Å². The molecule has 2 heterocycles. The van der Waals surface area contributed by atoms with Crippen LogP contribution in [0.4, 0.5) is 5.69 Å². The molecule has 5 nitrogen and oxygen atoms in total. The minimum absolute atomic E-state index is 0.0319. The number of carbonyl (C=O) groups excluding carboxylic acids is 1. The first-order valence-electron chi connectivity index (χ1n) is 9.51. The Labute approximate surface area is 156 Å². The molecular formula is C21H28N4O. The van der Waals surface area contributed by atoms with Gasteiger partial charge < -0.3 is 10.2 Å². The van der Waals surface area contributed by atoms with Crippen molar-refractivity contribution in [2.75, 3.05) is 38.0 Å². The fourth-order valence-electron chi connectivity index (χ4n) is 3.15. The van der Waals surface area contributed by atoms with Gasteiger partial charge in [0.15, 0.2) is 0 Å². The van der Waals surface area contributed by atoms with Crippen molar-refractivity contribution in [1.82, 2.24) is 14.8 Å². The summed E-state index contributed by atoms with van der Waals surface area (Å²) in [7, 11) is 0. The lowest BCUT2D eigenvalue weighted by atomic mass is 10.2. The van der Waals surface area contributed by atoms with Crippen LogP contribution in [0.5, 0.6) is 0 Å². The molecule has 1 amide bonds. The molecule has 138 valence electrons. The molecule has 0 bridgehead atoms. The van der Waals surface area contributed by atoms with Crippen molar-refractivity contribution in [1.29, 1.82) is 0 Å². The maximum atomic E-state index is 12.7. The molecule has 1 aromatic carbocycles. The molecule has 0 aliphatic carbocycles. The first kappa shape index (κ1) is 18.4. The van der Waals surface area contributed by atoms with Crippen LogP contribution in [0.15, 0.2) is 48.7 Å². The molecule has 3 rings (SSSR count). The molecule has 0 spiro atoms. The molecule has 1 saturated heterocycles. The van der Waals surface area contributed by atoms with E-state index in [-0.39, 0.29) is 5.91 Å². The average Bonchev–Trinajstić information content (AvgIpc) is 2.70. The van der Waals surface area contributed by atoms with E-state index in [2.05, 4.69) is 46.4 Å². The Morgan fingerprint density at radius 3 is 2.50 bits per heavy atom. The van der Waals surface area contributed by atoms with E-state index in [0.29, 0.717) is 5.69 Å². The first-order chi connectivity index (χ1) is 12.8. The number of rotatable bonds is 7. The number of unbranched alkanes of at least 4 members (excludes halogenated alkanes) is 1. The second-order valence-electron chi connectivity index (χ2n) is 6.77. The van der Waals surface area contributed by atoms with Crippen molar-refractivity contribution in [3.8, 4) is 0 Å². The fourth-order valence-corrected chi connectivity index (χ4v) is 3.15. The van der Waals surface area contributed by atoms with Gasteiger partial charge in [0.1, 0.15) is 5.69 Å². The van der Waals surface area contributed by atoms with Crippen LogP contribution in [0, 0.1) is 0 Å². The number of hydrogen-bond acceptors (Lipinski definition) is 4. The Kier molecular flexibility index (Phi) is 6.61. The lowest BCUT2D eigenvalue weighted by molar-refractivity contribution is 0.0623. The van der Waals surface area contributed by atoms with Gasteiger partial charge >= 0.3 is 0 Å². The van der Waals surface area contributed by atoms with E-state index in [9.17, 15) is 4.79 Å². The van der Waals surface area contributed by atoms with Gasteiger partial charge in [0.25, 0.3) is 5.91 Å². The molecule has 0 unspecified atom stereocenters. The highest BCUT2D eigenvalue weighted by molar-refractivity contribution is 5.92. The van der Waals surface area contributed by atoms with E-state index < -0.39 is 0 Å². The number of benzene rings is 1. The highest BCUT2D eigenvalue weighted by Gasteiger charge is 2.22. The number of aromatic nitrogens is 1. The minimum atomic E-state index is 0.0319. The van der Waals surface area contributed by atoms with Crippen molar-refractivity contribution < 1.29 is 4.79 Å². The summed E-state index contributed by atoms with van der Waals surface area (Å²) in [4.78, 5) is 21.3. The van der Waals surface area contributed by atoms with Gasteiger partial charge in [0, 0.05) is 39.3 Å². The van der Waals surface area contributed by atoms with Gasteiger partial charge in [0.05, 0.1) is 11.9 Å². The van der Waals surface area contributed by atoms with Gasteiger partial charge in [-0.25, -0.2) is 4.98 Å². The summed E-state index contributed by atoms with van der Waals surface area (Å²) in [5.41, 5.74) is 2.82. The lowest BCUT2D eigenvalue weighted by Crippen LogP contribution is -2.48. The van der Waals surface area contributed by atoms with Crippen molar-refractivity contribution in [2.45, 2.75) is 26.3 Å². The van der Waals surface area contributed by atoms with Crippen LogP contribution in [0.1, 0.15) is 35.8 Å². The number of piperazine rings is 1. The van der Waals surface area contributed by atoms with Gasteiger partial charge in [0.2, 0.25) is 0 Å². The van der Waals surface area contributed by atoms with Gasteiger partial charge in [-0.3, -0.25) is 9.69 Å². The van der Waals surface area contributed by atoms with Gasteiger partial charge in [-0.15, -0.1) is 0 Å². The monoisotopic (exact) mass is 352 g/mol. The van der Waals surface area contributed by atoms with Gasteiger partial charge in [-0.2, -0.15) is 0 Å². The molecule has 0 radical (unpaired) electrons. The zero-order valence-electron chi connectivity index (χ0n) is 15.5. The van der Waals surface area contributed by atoms with Crippen LogP contribution < -0.4 is 5.32 Å². The van der Waals surface area contributed by atoms with Crippen molar-refractivity contribution in [3.63, 3.8) is 0 Å². The molecule has 1 aromatic heterocycles. The predicted octanol–water partition coefficient (Wildman–Crippen LogP) is 3.25. The summed E-state index contributed by atoms with van der Waals surface area (Å²) in [6.07, 6.45) is 4.05. The predicted molar refractivity (Wildman–Crippen MR) is 105 cm³/mol. The Bertz CT molecular complexity index is 679. The lowest BCUT2D eigenvalue weighted by Gasteiger charge is -2.34. The number of nitrogens with one attached hydrogen (secondary N) is 1. The minimum Gasteiger partial charge on any atom is -0.384 e. The Morgan fingerprint density at radius 1 is 1.08 bits per heavy atom. The smallest absolute Gasteiger partial charge is 0.272 e. The summed E-state index contributed by atoms with van der Waals surface area (Å²) in [5.74, 6) is 0.0319. The molecule has 1 N–H and O–H groups in total. The summed E-state index contributed by atoms with van der Waals surface area (Å²) in [6.45, 7) is 7.36. The fraction of sp³-hybridized carbons (Fsp3) is 0.429. The number of anilines is 1. The van der Waals surface area contributed by atoms with Gasteiger partial charge in [-0.1, -0.05) is 43.7 Å². The number of hydrogen-bond donors (Lipinski definition) is 1. The second kappa shape index (κ2) is 9.34.